The molecule has 0 saturated heterocycles. The molecule has 0 bridgehead atoms. The van der Waals surface area contributed by atoms with E-state index in [2.05, 4.69) is 4.74 Å². The van der Waals surface area contributed by atoms with Crippen molar-refractivity contribution in [2.24, 2.45) is 0 Å². The summed E-state index contributed by atoms with van der Waals surface area (Å²) in [7, 11) is -1.77. The molecule has 0 fully saturated rings. The molecule has 7 heteroatoms. The maximum Gasteiger partial charge on any atom is 0.573 e. The number of halogens is 3. The predicted octanol–water partition coefficient (Wildman–Crippen LogP) is 1.93. The summed E-state index contributed by atoms with van der Waals surface area (Å²) in [6.07, 6.45) is -4.82. The molecule has 0 aliphatic rings. The lowest BCUT2D eigenvalue weighted by atomic mass is 9.79. The third kappa shape index (κ3) is 3.52. The van der Waals surface area contributed by atoms with Gasteiger partial charge in [0.15, 0.2) is 0 Å². The molecule has 0 atom stereocenters. The molecule has 0 aromatic heterocycles. The first-order valence-electron chi connectivity index (χ1n) is 5.68. The highest BCUT2D eigenvalue weighted by Gasteiger charge is 2.32. The number of hydrogen-bond acceptors (Lipinski definition) is 3. The van der Waals surface area contributed by atoms with Gasteiger partial charge in [0.25, 0.3) is 0 Å². The van der Waals surface area contributed by atoms with Crippen LogP contribution in [0.5, 0.6) is 5.75 Å². The minimum atomic E-state index is -4.82. The van der Waals surface area contributed by atoms with Crippen molar-refractivity contribution in [1.29, 1.82) is 0 Å². The van der Waals surface area contributed by atoms with Crippen LogP contribution in [0, 0.1) is 0 Å². The average molecular weight is 282 g/mol. The SMILES string of the molecule is OB(O)c1ccc(OC(F)(F)F)c(-c2ccccc2)c1. The first kappa shape index (κ1) is 14.4. The maximum absolute atomic E-state index is 12.4. The number of alkyl halides is 3. The van der Waals surface area contributed by atoms with Crippen molar-refractivity contribution >= 4 is 12.6 Å². The molecule has 0 amide bonds. The molecule has 104 valence electrons. The molecule has 20 heavy (non-hydrogen) atoms. The fourth-order valence-electron chi connectivity index (χ4n) is 1.77. The monoisotopic (exact) mass is 282 g/mol. The summed E-state index contributed by atoms with van der Waals surface area (Å²) in [4.78, 5) is 0. The Balaban J connectivity index is 2.52. The van der Waals surface area contributed by atoms with Crippen molar-refractivity contribution < 1.29 is 28.0 Å². The topological polar surface area (TPSA) is 49.7 Å². The Morgan fingerprint density at radius 1 is 0.950 bits per heavy atom. The van der Waals surface area contributed by atoms with Crippen LogP contribution < -0.4 is 10.2 Å². The zero-order valence-electron chi connectivity index (χ0n) is 10.1. The van der Waals surface area contributed by atoms with E-state index < -0.39 is 19.2 Å². The smallest absolute Gasteiger partial charge is 0.423 e. The Kier molecular flexibility index (Phi) is 4.01. The van der Waals surface area contributed by atoms with Crippen LogP contribution in [-0.4, -0.2) is 23.5 Å². The Hall–Kier alpha value is -1.99. The van der Waals surface area contributed by atoms with Crippen LogP contribution in [0.1, 0.15) is 0 Å². The third-order valence-electron chi connectivity index (χ3n) is 2.61. The van der Waals surface area contributed by atoms with E-state index in [1.165, 1.54) is 6.07 Å². The minimum Gasteiger partial charge on any atom is -0.423 e. The molecular formula is C13H10BF3O3. The number of benzene rings is 2. The molecule has 0 aliphatic carbocycles. The summed E-state index contributed by atoms with van der Waals surface area (Å²) < 4.78 is 41.1. The van der Waals surface area contributed by atoms with Crippen molar-refractivity contribution in [2.75, 3.05) is 0 Å². The first-order valence-corrected chi connectivity index (χ1v) is 5.68. The number of rotatable bonds is 3. The van der Waals surface area contributed by atoms with E-state index in [0.29, 0.717) is 5.56 Å². The highest BCUT2D eigenvalue weighted by atomic mass is 19.4. The number of hydrogen-bond donors (Lipinski definition) is 2. The van der Waals surface area contributed by atoms with Crippen LogP contribution in [0.3, 0.4) is 0 Å². The largest absolute Gasteiger partial charge is 0.573 e. The predicted molar refractivity (Wildman–Crippen MR) is 68.4 cm³/mol. The molecule has 0 heterocycles. The van der Waals surface area contributed by atoms with Crippen LogP contribution in [0.4, 0.5) is 13.2 Å². The van der Waals surface area contributed by atoms with Gasteiger partial charge in [0.1, 0.15) is 5.75 Å². The van der Waals surface area contributed by atoms with Crippen molar-refractivity contribution in [3.05, 3.63) is 48.5 Å². The van der Waals surface area contributed by atoms with Gasteiger partial charge in [-0.25, -0.2) is 0 Å². The van der Waals surface area contributed by atoms with Gasteiger partial charge in [0.05, 0.1) is 0 Å². The fraction of sp³-hybridized carbons (Fsp3) is 0.0769. The van der Waals surface area contributed by atoms with E-state index >= 15 is 0 Å². The Morgan fingerprint density at radius 2 is 1.60 bits per heavy atom. The fourth-order valence-corrected chi connectivity index (χ4v) is 1.77. The van der Waals surface area contributed by atoms with Gasteiger partial charge in [-0.15, -0.1) is 13.2 Å². The van der Waals surface area contributed by atoms with E-state index in [4.69, 9.17) is 10.0 Å². The minimum absolute atomic E-state index is 0.0818. The summed E-state index contributed by atoms with van der Waals surface area (Å²) in [5, 5.41) is 18.2. The lowest BCUT2D eigenvalue weighted by molar-refractivity contribution is -0.274. The third-order valence-corrected chi connectivity index (χ3v) is 2.61. The highest BCUT2D eigenvalue weighted by Crippen LogP contribution is 2.32. The maximum atomic E-state index is 12.4. The van der Waals surface area contributed by atoms with E-state index in [-0.39, 0.29) is 11.0 Å². The average Bonchev–Trinajstić information content (AvgIpc) is 2.38. The van der Waals surface area contributed by atoms with Crippen molar-refractivity contribution in [3.63, 3.8) is 0 Å². The van der Waals surface area contributed by atoms with Gasteiger partial charge in [-0.1, -0.05) is 42.5 Å². The summed E-state index contributed by atoms with van der Waals surface area (Å²) >= 11 is 0. The van der Waals surface area contributed by atoms with Crippen LogP contribution in [0.15, 0.2) is 48.5 Å². The van der Waals surface area contributed by atoms with E-state index in [9.17, 15) is 13.2 Å². The lowest BCUT2D eigenvalue weighted by Crippen LogP contribution is -2.30. The van der Waals surface area contributed by atoms with Crippen LogP contribution in [0.2, 0.25) is 0 Å². The van der Waals surface area contributed by atoms with E-state index in [0.717, 1.165) is 12.1 Å². The standard InChI is InChI=1S/C13H10BF3O3/c15-13(16,17)20-12-7-6-10(14(18)19)8-11(12)9-4-2-1-3-5-9/h1-8,18-19H. The molecular weight excluding hydrogens is 272 g/mol. The molecule has 3 nitrogen and oxygen atoms in total. The van der Waals surface area contributed by atoms with Crippen LogP contribution in [-0.2, 0) is 0 Å². The molecule has 2 aromatic rings. The summed E-state index contributed by atoms with van der Waals surface area (Å²) in [6.45, 7) is 0. The molecule has 2 N–H and O–H groups in total. The molecule has 0 saturated carbocycles. The molecule has 0 spiro atoms. The molecule has 2 rings (SSSR count). The van der Waals surface area contributed by atoms with E-state index in [1.54, 1.807) is 30.3 Å². The van der Waals surface area contributed by atoms with Gasteiger partial charge in [-0.2, -0.15) is 0 Å². The van der Waals surface area contributed by atoms with Crippen molar-refractivity contribution in [3.8, 4) is 16.9 Å². The summed E-state index contributed by atoms with van der Waals surface area (Å²) in [5.41, 5.74) is 0.696. The van der Waals surface area contributed by atoms with Gasteiger partial charge in [0, 0.05) is 5.56 Å². The Labute approximate surface area is 113 Å². The van der Waals surface area contributed by atoms with E-state index in [1.807, 2.05) is 0 Å². The van der Waals surface area contributed by atoms with Gasteiger partial charge < -0.3 is 14.8 Å². The van der Waals surface area contributed by atoms with Crippen molar-refractivity contribution in [1.82, 2.24) is 0 Å². The Bertz CT molecular complexity index is 585. The first-order chi connectivity index (χ1) is 9.37. The normalized spacial score (nSPS) is 11.2. The second kappa shape index (κ2) is 5.56. The second-order valence-electron chi connectivity index (χ2n) is 4.04. The quantitative estimate of drug-likeness (QED) is 0.846. The van der Waals surface area contributed by atoms with Gasteiger partial charge in [-0.3, -0.25) is 0 Å². The molecule has 0 unspecified atom stereocenters. The molecule has 0 aliphatic heterocycles. The van der Waals surface area contributed by atoms with Gasteiger partial charge >= 0.3 is 13.5 Å². The van der Waals surface area contributed by atoms with Crippen molar-refractivity contribution in [2.45, 2.75) is 6.36 Å². The molecule has 0 radical (unpaired) electrons. The zero-order valence-corrected chi connectivity index (χ0v) is 10.1. The summed E-state index contributed by atoms with van der Waals surface area (Å²) in [5.74, 6) is -0.395. The zero-order chi connectivity index (χ0) is 14.8. The summed E-state index contributed by atoms with van der Waals surface area (Å²) in [6, 6.07) is 11.7. The second-order valence-corrected chi connectivity index (χ2v) is 4.04. The Morgan fingerprint density at radius 3 is 2.15 bits per heavy atom. The van der Waals surface area contributed by atoms with Gasteiger partial charge in [-0.05, 0) is 17.1 Å². The van der Waals surface area contributed by atoms with Gasteiger partial charge in [0.2, 0.25) is 0 Å². The number of ether oxygens (including phenoxy) is 1. The van der Waals surface area contributed by atoms with Crippen LogP contribution >= 0.6 is 0 Å². The lowest BCUT2D eigenvalue weighted by Gasteiger charge is -2.14. The highest BCUT2D eigenvalue weighted by molar-refractivity contribution is 6.58. The molecule has 2 aromatic carbocycles. The van der Waals surface area contributed by atoms with Crippen LogP contribution in [0.25, 0.3) is 11.1 Å².